The summed E-state index contributed by atoms with van der Waals surface area (Å²) in [6, 6.07) is 0. The van der Waals surface area contributed by atoms with Crippen LogP contribution in [0, 0.1) is 0 Å². The molecule has 0 bridgehead atoms. The van der Waals surface area contributed by atoms with Gasteiger partial charge in [-0.25, -0.2) is 0 Å². The second-order valence-electron chi connectivity index (χ2n) is 3.41. The molecular weight excluding hydrogens is 112 g/mol. The number of nitrogens with zero attached hydrogens (tertiary/aromatic N) is 1. The molecule has 0 aromatic heterocycles. The molecule has 2 heteroatoms. The van der Waals surface area contributed by atoms with Crippen LogP contribution in [0.25, 0.3) is 0 Å². The van der Waals surface area contributed by atoms with Gasteiger partial charge in [0, 0.05) is 12.1 Å². The lowest BCUT2D eigenvalue weighted by molar-refractivity contribution is 0.165. The zero-order chi connectivity index (χ0) is 7.03. The van der Waals surface area contributed by atoms with Crippen molar-refractivity contribution in [2.45, 2.75) is 24.8 Å². The summed E-state index contributed by atoms with van der Waals surface area (Å²) in [7, 11) is 0. The van der Waals surface area contributed by atoms with Gasteiger partial charge in [0.1, 0.15) is 1.41 Å². The van der Waals surface area contributed by atoms with E-state index in [4.69, 9.17) is 1.41 Å². The lowest BCUT2D eigenvalue weighted by Crippen LogP contribution is -2.46. The standard InChI is InChI=1S/C7H14N2/c8-7(2-3-7)6-9-4-1-5-9/h1-6,8H2/i/hD. The first kappa shape index (κ1) is 4.69. The van der Waals surface area contributed by atoms with Crippen molar-refractivity contribution < 1.29 is 1.41 Å². The highest BCUT2D eigenvalue weighted by Crippen LogP contribution is 2.33. The maximum absolute atomic E-state index is 7.08. The minimum atomic E-state index is 0.209. The number of rotatable bonds is 3. The molecule has 2 aliphatic rings. The van der Waals surface area contributed by atoms with E-state index in [1.807, 2.05) is 0 Å². The molecule has 2 nitrogen and oxygen atoms in total. The monoisotopic (exact) mass is 127 g/mol. The van der Waals surface area contributed by atoms with Crippen LogP contribution in [-0.4, -0.2) is 30.1 Å². The lowest BCUT2D eigenvalue weighted by atomic mass is 10.1. The summed E-state index contributed by atoms with van der Waals surface area (Å²) in [4.78, 5) is 2.43. The highest BCUT2D eigenvalue weighted by Gasteiger charge is 2.40. The van der Waals surface area contributed by atoms with Gasteiger partial charge in [0.05, 0.1) is 0 Å². The highest BCUT2D eigenvalue weighted by atomic mass is 15.2. The van der Waals surface area contributed by atoms with Crippen molar-refractivity contribution in [1.82, 2.24) is 4.90 Å². The maximum atomic E-state index is 7.08. The zero-order valence-corrected chi connectivity index (χ0v) is 5.69. The van der Waals surface area contributed by atoms with Gasteiger partial charge in [-0.1, -0.05) is 0 Å². The van der Waals surface area contributed by atoms with E-state index in [9.17, 15) is 0 Å². The van der Waals surface area contributed by atoms with Crippen LogP contribution >= 0.6 is 0 Å². The molecule has 0 radical (unpaired) electrons. The first-order valence-electron chi connectivity index (χ1n) is 4.26. The van der Waals surface area contributed by atoms with Crippen molar-refractivity contribution in [3.63, 3.8) is 0 Å². The third kappa shape index (κ3) is 1.10. The van der Waals surface area contributed by atoms with E-state index >= 15 is 0 Å². The van der Waals surface area contributed by atoms with Crippen molar-refractivity contribution in [1.29, 1.82) is 0 Å². The van der Waals surface area contributed by atoms with E-state index in [0.29, 0.717) is 0 Å². The first-order valence-corrected chi connectivity index (χ1v) is 3.76. The Bertz CT molecular complexity index is 130. The van der Waals surface area contributed by atoms with Gasteiger partial charge in [0.25, 0.3) is 0 Å². The fourth-order valence-corrected chi connectivity index (χ4v) is 1.28. The van der Waals surface area contributed by atoms with Crippen molar-refractivity contribution >= 4 is 0 Å². The number of likely N-dealkylation sites (tertiary alicyclic amines) is 1. The molecule has 2 fully saturated rings. The predicted octanol–water partition coefficient (Wildman–Crippen LogP) is 0.183. The summed E-state index contributed by atoms with van der Waals surface area (Å²) in [6.07, 6.45) is 3.76. The molecule has 0 aromatic carbocycles. The Kier molecular flexibility index (Phi) is 0.888. The Labute approximate surface area is 57.5 Å². The molecule has 1 heterocycles. The molecule has 1 saturated heterocycles. The van der Waals surface area contributed by atoms with E-state index < -0.39 is 0 Å². The van der Waals surface area contributed by atoms with E-state index in [1.165, 1.54) is 32.4 Å². The average Bonchev–Trinajstić information content (AvgIpc) is 2.60. The van der Waals surface area contributed by atoms with Gasteiger partial charge in [-0.15, -0.1) is 0 Å². The molecule has 0 aromatic rings. The third-order valence-corrected chi connectivity index (χ3v) is 2.33. The molecule has 1 aliphatic carbocycles. The fourth-order valence-electron chi connectivity index (χ4n) is 1.28. The van der Waals surface area contributed by atoms with Crippen LogP contribution in [0.3, 0.4) is 0 Å². The molecule has 0 spiro atoms. The lowest BCUT2D eigenvalue weighted by Gasteiger charge is -2.32. The Morgan fingerprint density at radius 1 is 1.56 bits per heavy atom. The molecule has 1 aliphatic heterocycles. The van der Waals surface area contributed by atoms with Gasteiger partial charge >= 0.3 is 0 Å². The van der Waals surface area contributed by atoms with Gasteiger partial charge in [0.2, 0.25) is 0 Å². The van der Waals surface area contributed by atoms with Gasteiger partial charge in [-0.05, 0) is 32.4 Å². The minimum Gasteiger partial charge on any atom is -0.324 e. The van der Waals surface area contributed by atoms with Crippen LogP contribution < -0.4 is 5.73 Å². The molecule has 0 amide bonds. The average molecular weight is 127 g/mol. The van der Waals surface area contributed by atoms with Crippen molar-refractivity contribution in [2.75, 3.05) is 19.6 Å². The molecule has 2 rings (SSSR count). The number of nitrogens with two attached hydrogens (primary N) is 1. The largest absolute Gasteiger partial charge is 0.324 e. The topological polar surface area (TPSA) is 29.3 Å². The Morgan fingerprint density at radius 2 is 2.33 bits per heavy atom. The third-order valence-electron chi connectivity index (χ3n) is 2.33. The van der Waals surface area contributed by atoms with Gasteiger partial charge in [0.15, 0.2) is 0 Å². The van der Waals surface area contributed by atoms with E-state index in [1.54, 1.807) is 0 Å². The summed E-state index contributed by atoms with van der Waals surface area (Å²) in [5, 5.41) is 0. The Morgan fingerprint density at radius 3 is 2.67 bits per heavy atom. The molecule has 0 unspecified atom stereocenters. The minimum absolute atomic E-state index is 0.209. The number of hydrogen-bond donors (Lipinski definition) is 1. The Hall–Kier alpha value is -0.0800. The van der Waals surface area contributed by atoms with Crippen molar-refractivity contribution in [2.24, 2.45) is 5.73 Å². The van der Waals surface area contributed by atoms with Gasteiger partial charge < -0.3 is 10.6 Å². The second-order valence-corrected chi connectivity index (χ2v) is 3.41. The fraction of sp³-hybridized carbons (Fsp3) is 1.00. The maximum Gasteiger partial charge on any atom is 0.119 e. The SMILES string of the molecule is [2H]NC1(CN2CCC2)CC1. The number of hydrogen-bond acceptors (Lipinski definition) is 2. The van der Waals surface area contributed by atoms with E-state index in [2.05, 4.69) is 10.6 Å². The quantitative estimate of drug-likeness (QED) is 0.586. The van der Waals surface area contributed by atoms with Crippen LogP contribution in [0.4, 0.5) is 0 Å². The van der Waals surface area contributed by atoms with Gasteiger partial charge in [-0.3, -0.25) is 0 Å². The molecular formula is C7H14N2. The van der Waals surface area contributed by atoms with Crippen LogP contribution in [0.2, 0.25) is 1.41 Å². The van der Waals surface area contributed by atoms with Crippen LogP contribution in [-0.2, 0) is 0 Å². The first-order chi connectivity index (χ1) is 4.85. The molecule has 2 N–H and O–H groups in total. The Balaban J connectivity index is 1.77. The van der Waals surface area contributed by atoms with Gasteiger partial charge in [-0.2, -0.15) is 0 Å². The summed E-state index contributed by atoms with van der Waals surface area (Å²) in [5.41, 5.74) is 2.87. The van der Waals surface area contributed by atoms with E-state index in [0.717, 1.165) is 6.54 Å². The normalized spacial score (nSPS) is 33.1. The second kappa shape index (κ2) is 1.70. The van der Waals surface area contributed by atoms with Crippen LogP contribution in [0.15, 0.2) is 0 Å². The van der Waals surface area contributed by atoms with Crippen LogP contribution in [0.1, 0.15) is 19.3 Å². The summed E-state index contributed by atoms with van der Waals surface area (Å²) < 4.78 is 7.08. The molecule has 52 valence electrons. The van der Waals surface area contributed by atoms with Crippen molar-refractivity contribution in [3.8, 4) is 0 Å². The summed E-state index contributed by atoms with van der Waals surface area (Å²) in [5.74, 6) is 0. The summed E-state index contributed by atoms with van der Waals surface area (Å²) >= 11 is 0. The molecule has 0 atom stereocenters. The summed E-state index contributed by atoms with van der Waals surface area (Å²) in [6.45, 7) is 3.61. The molecule has 9 heavy (non-hydrogen) atoms. The van der Waals surface area contributed by atoms with Crippen molar-refractivity contribution in [3.05, 3.63) is 0 Å². The highest BCUT2D eigenvalue weighted by molar-refractivity contribution is 5.01. The smallest absolute Gasteiger partial charge is 0.119 e. The van der Waals surface area contributed by atoms with Crippen LogP contribution in [0.5, 0.6) is 0 Å². The molecule has 1 saturated carbocycles. The predicted molar refractivity (Wildman–Crippen MR) is 37.2 cm³/mol. The zero-order valence-electron chi connectivity index (χ0n) is 6.69. The van der Waals surface area contributed by atoms with E-state index in [-0.39, 0.29) is 5.54 Å².